The fraction of sp³-hybridized carbons (Fsp3) is 0.421. The molecular weight excluding hydrogens is 256 g/mol. The Morgan fingerprint density at radius 1 is 1.33 bits per heavy atom. The van der Waals surface area contributed by atoms with Crippen LogP contribution in [0.4, 0.5) is 0 Å². The number of allylic oxidation sites excluding steroid dienone is 2. The topological polar surface area (TPSA) is 17.3 Å². The van der Waals surface area contributed by atoms with Gasteiger partial charge in [-0.2, -0.15) is 0 Å². The number of para-hydroxylation sites is 1. The van der Waals surface area contributed by atoms with Crippen LogP contribution >= 0.6 is 0 Å². The molecule has 2 heterocycles. The lowest BCUT2D eigenvalue weighted by Crippen LogP contribution is -2.10. The Balaban J connectivity index is 2.24. The maximum absolute atomic E-state index is 4.63. The maximum Gasteiger partial charge on any atom is 0.0695 e. The molecule has 0 atom stereocenters. The summed E-state index contributed by atoms with van der Waals surface area (Å²) >= 11 is 0. The van der Waals surface area contributed by atoms with Gasteiger partial charge in [-0.1, -0.05) is 38.1 Å². The number of nitrogens with zero attached hydrogens (tertiary/aromatic N) is 2. The molecule has 1 aromatic heterocycles. The summed E-state index contributed by atoms with van der Waals surface area (Å²) in [5, 5.41) is 1.35. The molecule has 0 N–H and O–H groups in total. The Bertz CT molecular complexity index is 729. The molecule has 1 aromatic carbocycles. The molecule has 0 aliphatic carbocycles. The van der Waals surface area contributed by atoms with Gasteiger partial charge in [0.2, 0.25) is 0 Å². The largest absolute Gasteiger partial charge is 0.347 e. The zero-order valence-corrected chi connectivity index (χ0v) is 13.5. The van der Waals surface area contributed by atoms with Crippen LogP contribution < -0.4 is 0 Å². The lowest BCUT2D eigenvalue weighted by atomic mass is 9.92. The second kappa shape index (κ2) is 5.51. The number of hydrogen-bond donors (Lipinski definition) is 0. The highest BCUT2D eigenvalue weighted by atomic mass is 15.0. The van der Waals surface area contributed by atoms with Gasteiger partial charge in [0.1, 0.15) is 0 Å². The Hall–Kier alpha value is -1.83. The zero-order chi connectivity index (χ0) is 15.0. The highest BCUT2D eigenvalue weighted by molar-refractivity contribution is 6.19. The van der Waals surface area contributed by atoms with Gasteiger partial charge >= 0.3 is 0 Å². The molecule has 0 amide bonds. The molecule has 3 rings (SSSR count). The van der Waals surface area contributed by atoms with E-state index in [-0.39, 0.29) is 0 Å². The molecule has 0 fully saturated rings. The van der Waals surface area contributed by atoms with Crippen molar-refractivity contribution in [2.75, 3.05) is 7.05 Å². The van der Waals surface area contributed by atoms with E-state index in [1.165, 1.54) is 40.4 Å². The summed E-state index contributed by atoms with van der Waals surface area (Å²) in [6, 6.07) is 6.70. The van der Waals surface area contributed by atoms with Crippen LogP contribution in [0.2, 0.25) is 0 Å². The van der Waals surface area contributed by atoms with E-state index < -0.39 is 0 Å². The molecular formula is C19H24N2. The maximum atomic E-state index is 4.63. The van der Waals surface area contributed by atoms with E-state index in [1.807, 2.05) is 7.05 Å². The van der Waals surface area contributed by atoms with E-state index in [1.54, 1.807) is 0 Å². The number of hydrogen-bond acceptors (Lipinski definition) is 1. The molecule has 2 heteroatoms. The van der Waals surface area contributed by atoms with Crippen molar-refractivity contribution < 1.29 is 0 Å². The molecule has 2 nitrogen and oxygen atoms in total. The smallest absolute Gasteiger partial charge is 0.0695 e. The van der Waals surface area contributed by atoms with Crippen molar-refractivity contribution in [2.45, 2.75) is 40.2 Å². The summed E-state index contributed by atoms with van der Waals surface area (Å²) < 4.78 is 2.42. The number of rotatable bonds is 3. The highest BCUT2D eigenvalue weighted by Gasteiger charge is 2.20. The molecule has 21 heavy (non-hydrogen) atoms. The van der Waals surface area contributed by atoms with Crippen LogP contribution in [0.3, 0.4) is 0 Å². The Morgan fingerprint density at radius 2 is 2.14 bits per heavy atom. The molecule has 1 aliphatic rings. The molecule has 0 unspecified atom stereocenters. The summed E-state index contributed by atoms with van der Waals surface area (Å²) in [5.74, 6) is 0.486. The lowest BCUT2D eigenvalue weighted by molar-refractivity contribution is 0.635. The first-order valence-corrected chi connectivity index (χ1v) is 7.91. The van der Waals surface area contributed by atoms with Gasteiger partial charge in [-0.25, -0.2) is 0 Å². The fourth-order valence-corrected chi connectivity index (χ4v) is 3.59. The van der Waals surface area contributed by atoms with Crippen LogP contribution in [0.5, 0.6) is 0 Å². The Kier molecular flexibility index (Phi) is 3.71. The van der Waals surface area contributed by atoms with Gasteiger partial charge in [-0.05, 0) is 36.8 Å². The SMILES string of the molecule is C/C=C(\C(=NC)c1cn2c3c(cccc13)CCC2)C(C)C. The van der Waals surface area contributed by atoms with Crippen LogP contribution in [0.1, 0.15) is 38.3 Å². The Labute approximate surface area is 127 Å². The average molecular weight is 280 g/mol. The number of benzene rings is 1. The Morgan fingerprint density at radius 3 is 2.81 bits per heavy atom. The first-order chi connectivity index (χ1) is 10.2. The molecule has 2 aromatic rings. The summed E-state index contributed by atoms with van der Waals surface area (Å²) in [7, 11) is 1.91. The standard InChI is InChI=1S/C19H24N2/c1-5-15(13(2)3)18(20-4)17-12-21-11-7-9-14-8-6-10-16(17)19(14)21/h5-6,8,10,12-13H,7,9,11H2,1-4H3/b15-5-,20-18?. The molecule has 0 saturated carbocycles. The van der Waals surface area contributed by atoms with E-state index in [0.29, 0.717) is 5.92 Å². The zero-order valence-electron chi connectivity index (χ0n) is 13.5. The minimum Gasteiger partial charge on any atom is -0.347 e. The van der Waals surface area contributed by atoms with Gasteiger partial charge in [0.15, 0.2) is 0 Å². The molecule has 1 aliphatic heterocycles. The van der Waals surface area contributed by atoms with Gasteiger partial charge in [0.05, 0.1) is 11.2 Å². The van der Waals surface area contributed by atoms with Gasteiger partial charge in [-0.15, -0.1) is 0 Å². The first kappa shape index (κ1) is 14.1. The van der Waals surface area contributed by atoms with Gasteiger partial charge in [-0.3, -0.25) is 4.99 Å². The predicted molar refractivity (Wildman–Crippen MR) is 91.3 cm³/mol. The van der Waals surface area contributed by atoms with Crippen molar-refractivity contribution in [3.8, 4) is 0 Å². The summed E-state index contributed by atoms with van der Waals surface area (Å²) in [5.41, 5.74) is 6.67. The molecule has 0 radical (unpaired) electrons. The third-order valence-corrected chi connectivity index (χ3v) is 4.51. The van der Waals surface area contributed by atoms with Crippen molar-refractivity contribution in [1.82, 2.24) is 4.57 Å². The van der Waals surface area contributed by atoms with E-state index in [2.05, 4.69) is 60.8 Å². The lowest BCUT2D eigenvalue weighted by Gasteiger charge is -2.14. The normalized spacial score (nSPS) is 16.0. The second-order valence-electron chi connectivity index (χ2n) is 6.12. The molecule has 0 saturated heterocycles. The number of aryl methyl sites for hydroxylation is 2. The van der Waals surface area contributed by atoms with E-state index in [4.69, 9.17) is 0 Å². The predicted octanol–water partition coefficient (Wildman–Crippen LogP) is 4.61. The van der Waals surface area contributed by atoms with Crippen LogP contribution in [-0.2, 0) is 13.0 Å². The van der Waals surface area contributed by atoms with Crippen molar-refractivity contribution in [3.63, 3.8) is 0 Å². The van der Waals surface area contributed by atoms with E-state index in [9.17, 15) is 0 Å². The van der Waals surface area contributed by atoms with E-state index in [0.717, 1.165) is 12.3 Å². The monoisotopic (exact) mass is 280 g/mol. The highest BCUT2D eigenvalue weighted by Crippen LogP contribution is 2.31. The van der Waals surface area contributed by atoms with Gasteiger partial charge in [0, 0.05) is 30.7 Å². The van der Waals surface area contributed by atoms with Crippen LogP contribution in [0.15, 0.2) is 41.0 Å². The minimum absolute atomic E-state index is 0.486. The third kappa shape index (κ3) is 2.23. The molecule has 0 bridgehead atoms. The average Bonchev–Trinajstić information content (AvgIpc) is 2.85. The van der Waals surface area contributed by atoms with Crippen molar-refractivity contribution in [1.29, 1.82) is 0 Å². The van der Waals surface area contributed by atoms with Gasteiger partial charge in [0.25, 0.3) is 0 Å². The van der Waals surface area contributed by atoms with E-state index >= 15 is 0 Å². The van der Waals surface area contributed by atoms with Crippen molar-refractivity contribution in [3.05, 3.63) is 47.2 Å². The van der Waals surface area contributed by atoms with Crippen molar-refractivity contribution in [2.24, 2.45) is 10.9 Å². The van der Waals surface area contributed by atoms with Crippen molar-refractivity contribution >= 4 is 16.6 Å². The van der Waals surface area contributed by atoms with Gasteiger partial charge < -0.3 is 4.57 Å². The minimum atomic E-state index is 0.486. The first-order valence-electron chi connectivity index (χ1n) is 7.91. The number of aromatic nitrogens is 1. The fourth-order valence-electron chi connectivity index (χ4n) is 3.59. The van der Waals surface area contributed by atoms with Crippen LogP contribution in [0.25, 0.3) is 10.9 Å². The quantitative estimate of drug-likeness (QED) is 0.731. The molecule has 0 spiro atoms. The summed E-state index contributed by atoms with van der Waals surface area (Å²) in [4.78, 5) is 4.63. The number of aliphatic imine (C=N–C) groups is 1. The molecule has 110 valence electrons. The van der Waals surface area contributed by atoms with Crippen LogP contribution in [-0.4, -0.2) is 17.3 Å². The third-order valence-electron chi connectivity index (χ3n) is 4.51. The van der Waals surface area contributed by atoms with Crippen LogP contribution in [0, 0.1) is 5.92 Å². The second-order valence-corrected chi connectivity index (χ2v) is 6.12. The summed E-state index contributed by atoms with van der Waals surface area (Å²) in [6.07, 6.45) is 6.95. The summed E-state index contributed by atoms with van der Waals surface area (Å²) in [6.45, 7) is 7.72.